The van der Waals surface area contributed by atoms with Crippen molar-refractivity contribution in [2.75, 3.05) is 13.7 Å². The highest BCUT2D eigenvalue weighted by molar-refractivity contribution is 7.15. The highest BCUT2D eigenvalue weighted by atomic mass is 32.1. The van der Waals surface area contributed by atoms with Crippen LogP contribution in [0.5, 0.6) is 11.5 Å². The average molecular weight is 540 g/mol. The van der Waals surface area contributed by atoms with E-state index in [0.717, 1.165) is 17.0 Å². The SMILES string of the molecule is CCOc1ccc(-c2nn(-c3ccccc3)cc2/C=c2\sc3nc(-c4ccc(OC)cc4)nn3c2=O)cc1F. The Morgan fingerprint density at radius 1 is 1.00 bits per heavy atom. The van der Waals surface area contributed by atoms with E-state index in [1.54, 1.807) is 36.9 Å². The fourth-order valence-corrected chi connectivity index (χ4v) is 5.09. The van der Waals surface area contributed by atoms with Gasteiger partial charge in [0.2, 0.25) is 4.96 Å². The number of fused-ring (bicyclic) bond motifs is 1. The van der Waals surface area contributed by atoms with Crippen LogP contribution < -0.4 is 19.6 Å². The summed E-state index contributed by atoms with van der Waals surface area (Å²) in [5, 5.41) is 9.17. The quantitative estimate of drug-likeness (QED) is 0.291. The molecule has 0 aliphatic rings. The van der Waals surface area contributed by atoms with Gasteiger partial charge in [-0.1, -0.05) is 29.5 Å². The Hall–Kier alpha value is -4.83. The van der Waals surface area contributed by atoms with Crippen LogP contribution in [0.2, 0.25) is 0 Å². The van der Waals surface area contributed by atoms with E-state index in [9.17, 15) is 9.18 Å². The second-order valence-electron chi connectivity index (χ2n) is 8.57. The third-order valence-corrected chi connectivity index (χ3v) is 7.04. The molecule has 3 aromatic heterocycles. The molecule has 0 atom stereocenters. The molecule has 3 heterocycles. The van der Waals surface area contributed by atoms with Gasteiger partial charge < -0.3 is 9.47 Å². The van der Waals surface area contributed by atoms with E-state index in [2.05, 4.69) is 10.1 Å². The molecule has 8 nitrogen and oxygen atoms in total. The van der Waals surface area contributed by atoms with Crippen LogP contribution >= 0.6 is 11.3 Å². The maximum atomic E-state index is 14.7. The summed E-state index contributed by atoms with van der Waals surface area (Å²) in [7, 11) is 1.60. The number of rotatable bonds is 7. The molecular formula is C29H22FN5O3S. The van der Waals surface area contributed by atoms with Crippen molar-refractivity contribution in [2.24, 2.45) is 0 Å². The Balaban J connectivity index is 1.45. The summed E-state index contributed by atoms with van der Waals surface area (Å²) in [5.74, 6) is 0.869. The lowest BCUT2D eigenvalue weighted by molar-refractivity contribution is 0.321. The molecule has 0 bridgehead atoms. The molecule has 0 unspecified atom stereocenters. The van der Waals surface area contributed by atoms with Crippen LogP contribution in [0.3, 0.4) is 0 Å². The first-order valence-electron chi connectivity index (χ1n) is 12.2. The summed E-state index contributed by atoms with van der Waals surface area (Å²) >= 11 is 1.23. The highest BCUT2D eigenvalue weighted by Gasteiger charge is 2.16. The van der Waals surface area contributed by atoms with Gasteiger partial charge in [0, 0.05) is 22.9 Å². The molecule has 0 saturated carbocycles. The standard InChI is InChI=1S/C29H22FN5O3S/c1-3-38-24-14-11-19(15-23(24)30)26-20(17-34(32-26)21-7-5-4-6-8-21)16-25-28(36)35-29(39-25)31-27(33-35)18-9-12-22(37-2)13-10-18/h4-17H,3H2,1-2H3/b25-16-. The van der Waals surface area contributed by atoms with Crippen molar-refractivity contribution >= 4 is 22.4 Å². The van der Waals surface area contributed by atoms with Crippen LogP contribution in [0.4, 0.5) is 4.39 Å². The van der Waals surface area contributed by atoms with Crippen LogP contribution in [0.15, 0.2) is 83.8 Å². The Morgan fingerprint density at radius 3 is 2.46 bits per heavy atom. The van der Waals surface area contributed by atoms with Crippen LogP contribution in [0.1, 0.15) is 12.5 Å². The summed E-state index contributed by atoms with van der Waals surface area (Å²) in [4.78, 5) is 18.3. The van der Waals surface area contributed by atoms with Gasteiger partial charge in [0.25, 0.3) is 5.56 Å². The fourth-order valence-electron chi connectivity index (χ4n) is 4.19. The largest absolute Gasteiger partial charge is 0.497 e. The number of hydrogen-bond acceptors (Lipinski definition) is 7. The van der Waals surface area contributed by atoms with E-state index in [1.807, 2.05) is 60.8 Å². The zero-order valence-corrected chi connectivity index (χ0v) is 21.9. The van der Waals surface area contributed by atoms with Crippen molar-refractivity contribution in [3.63, 3.8) is 0 Å². The third-order valence-electron chi connectivity index (χ3n) is 6.09. The molecule has 3 aromatic carbocycles. The third kappa shape index (κ3) is 4.66. The molecule has 39 heavy (non-hydrogen) atoms. The molecule has 6 aromatic rings. The highest BCUT2D eigenvalue weighted by Crippen LogP contribution is 2.29. The summed E-state index contributed by atoms with van der Waals surface area (Å²) in [6.45, 7) is 2.16. The average Bonchev–Trinajstić information content (AvgIpc) is 3.65. The number of thiazole rings is 1. The molecule has 10 heteroatoms. The number of halogens is 1. The number of nitrogens with zero attached hydrogens (tertiary/aromatic N) is 5. The summed E-state index contributed by atoms with van der Waals surface area (Å²) < 4.78 is 28.7. The van der Waals surface area contributed by atoms with Gasteiger partial charge in [0.05, 0.1) is 23.9 Å². The predicted molar refractivity (Wildman–Crippen MR) is 148 cm³/mol. The van der Waals surface area contributed by atoms with E-state index in [0.29, 0.717) is 38.7 Å². The van der Waals surface area contributed by atoms with Crippen LogP contribution in [-0.2, 0) is 0 Å². The van der Waals surface area contributed by atoms with Crippen molar-refractivity contribution in [3.05, 3.63) is 105 Å². The molecule has 0 N–H and O–H groups in total. The molecule has 0 fully saturated rings. The molecular weight excluding hydrogens is 517 g/mol. The Kier molecular flexibility index (Phi) is 6.37. The van der Waals surface area contributed by atoms with Gasteiger partial charge in [-0.3, -0.25) is 4.79 Å². The summed E-state index contributed by atoms with van der Waals surface area (Å²) in [6.07, 6.45) is 3.56. The Morgan fingerprint density at radius 2 is 1.77 bits per heavy atom. The van der Waals surface area contributed by atoms with Gasteiger partial charge >= 0.3 is 0 Å². The second-order valence-corrected chi connectivity index (χ2v) is 9.57. The van der Waals surface area contributed by atoms with E-state index in [1.165, 1.54) is 21.9 Å². The van der Waals surface area contributed by atoms with Crippen molar-refractivity contribution in [2.45, 2.75) is 6.92 Å². The smallest absolute Gasteiger partial charge is 0.291 e. The van der Waals surface area contributed by atoms with Crippen molar-refractivity contribution in [1.29, 1.82) is 0 Å². The lowest BCUT2D eigenvalue weighted by Gasteiger charge is -2.06. The summed E-state index contributed by atoms with van der Waals surface area (Å²) in [6, 6.07) is 21.6. The van der Waals surface area contributed by atoms with Gasteiger partial charge in [0.15, 0.2) is 17.4 Å². The fraction of sp³-hybridized carbons (Fsp3) is 0.103. The van der Waals surface area contributed by atoms with Crippen LogP contribution in [0, 0.1) is 5.82 Å². The first kappa shape index (κ1) is 24.5. The van der Waals surface area contributed by atoms with E-state index >= 15 is 0 Å². The van der Waals surface area contributed by atoms with Gasteiger partial charge in [-0.05, 0) is 67.6 Å². The molecule has 0 aliphatic heterocycles. The topological polar surface area (TPSA) is 83.5 Å². The molecule has 194 valence electrons. The molecule has 0 saturated heterocycles. The van der Waals surface area contributed by atoms with Crippen LogP contribution in [-0.4, -0.2) is 38.1 Å². The van der Waals surface area contributed by atoms with Gasteiger partial charge in [0.1, 0.15) is 11.4 Å². The second kappa shape index (κ2) is 10.1. The number of hydrogen-bond donors (Lipinski definition) is 0. The Labute approximate surface area is 226 Å². The van der Waals surface area contributed by atoms with Crippen molar-refractivity contribution in [1.82, 2.24) is 24.4 Å². The van der Waals surface area contributed by atoms with E-state index in [-0.39, 0.29) is 11.3 Å². The number of ether oxygens (including phenoxy) is 2. The normalized spacial score (nSPS) is 11.8. The predicted octanol–water partition coefficient (Wildman–Crippen LogP) is 4.76. The van der Waals surface area contributed by atoms with Crippen molar-refractivity contribution in [3.8, 4) is 39.8 Å². The number of benzene rings is 3. The first-order chi connectivity index (χ1) is 19.0. The molecule has 0 aliphatic carbocycles. The molecule has 0 spiro atoms. The minimum Gasteiger partial charge on any atom is -0.497 e. The van der Waals surface area contributed by atoms with E-state index < -0.39 is 5.82 Å². The van der Waals surface area contributed by atoms with Gasteiger partial charge in [-0.15, -0.1) is 5.10 Å². The minimum atomic E-state index is -0.482. The molecule has 6 rings (SSSR count). The monoisotopic (exact) mass is 539 g/mol. The van der Waals surface area contributed by atoms with Gasteiger partial charge in [-0.2, -0.15) is 14.6 Å². The van der Waals surface area contributed by atoms with Crippen LogP contribution in [0.25, 0.3) is 39.4 Å². The number of para-hydroxylation sites is 1. The minimum absolute atomic E-state index is 0.175. The maximum absolute atomic E-state index is 14.7. The molecule has 0 radical (unpaired) electrons. The van der Waals surface area contributed by atoms with Gasteiger partial charge in [-0.25, -0.2) is 9.07 Å². The van der Waals surface area contributed by atoms with Crippen molar-refractivity contribution < 1.29 is 13.9 Å². The first-order valence-corrected chi connectivity index (χ1v) is 13.0. The number of aromatic nitrogens is 5. The number of methoxy groups -OCH3 is 1. The summed E-state index contributed by atoms with van der Waals surface area (Å²) in [5.41, 5.74) is 3.06. The maximum Gasteiger partial charge on any atom is 0.291 e. The zero-order valence-electron chi connectivity index (χ0n) is 21.0. The Bertz CT molecular complexity index is 1900. The van der Waals surface area contributed by atoms with E-state index in [4.69, 9.17) is 14.6 Å². The lowest BCUT2D eigenvalue weighted by Crippen LogP contribution is -2.23. The zero-order chi connectivity index (χ0) is 26.9. The molecule has 0 amide bonds. The lowest BCUT2D eigenvalue weighted by atomic mass is 10.1.